The first-order chi connectivity index (χ1) is 13.9. The van der Waals surface area contributed by atoms with Gasteiger partial charge in [0.05, 0.1) is 6.54 Å². The van der Waals surface area contributed by atoms with Gasteiger partial charge in [0.15, 0.2) is 0 Å². The second kappa shape index (κ2) is 9.25. The molecule has 1 unspecified atom stereocenters. The molecule has 1 aromatic heterocycles. The highest BCUT2D eigenvalue weighted by Crippen LogP contribution is 2.29. The molecule has 1 aliphatic carbocycles. The molecule has 1 aromatic carbocycles. The highest BCUT2D eigenvalue weighted by atomic mass is 19.1. The van der Waals surface area contributed by atoms with Crippen LogP contribution in [0.3, 0.4) is 0 Å². The topological polar surface area (TPSA) is 53.8 Å². The maximum Gasteiger partial charge on any atom is 0.242 e. The number of hydrogen-bond acceptors (Lipinski definition) is 3. The fraction of sp³-hybridized carbons (Fsp3) is 0.478. The summed E-state index contributed by atoms with van der Waals surface area (Å²) >= 11 is 0. The first-order valence-electron chi connectivity index (χ1n) is 10.3. The van der Waals surface area contributed by atoms with Gasteiger partial charge in [0.25, 0.3) is 0 Å². The Morgan fingerprint density at radius 1 is 1.14 bits per heavy atom. The standard InChI is InChI=1S/C23H29FN2O3/c1-4-16(2)23(28)26(20-10-11-20)15-22(27)25(14-21-12-5-17(3)29-21)13-18-6-8-19(24)9-7-18/h5-9,12,16,20H,4,10-11,13-15H2,1-3H3. The van der Waals surface area contributed by atoms with Crippen LogP contribution in [0.5, 0.6) is 0 Å². The van der Waals surface area contributed by atoms with Crippen molar-refractivity contribution in [3.05, 3.63) is 59.3 Å². The lowest BCUT2D eigenvalue weighted by molar-refractivity contribution is -0.144. The van der Waals surface area contributed by atoms with Crippen molar-refractivity contribution >= 4 is 11.8 Å². The van der Waals surface area contributed by atoms with E-state index in [0.717, 1.165) is 30.6 Å². The van der Waals surface area contributed by atoms with Crippen molar-refractivity contribution in [2.45, 2.75) is 59.2 Å². The number of hydrogen-bond donors (Lipinski definition) is 0. The molecule has 1 fully saturated rings. The van der Waals surface area contributed by atoms with Crippen molar-refractivity contribution in [2.75, 3.05) is 6.54 Å². The molecule has 6 heteroatoms. The molecule has 156 valence electrons. The molecule has 0 bridgehead atoms. The van der Waals surface area contributed by atoms with Gasteiger partial charge < -0.3 is 14.2 Å². The van der Waals surface area contributed by atoms with Gasteiger partial charge in [-0.3, -0.25) is 9.59 Å². The third-order valence-electron chi connectivity index (χ3n) is 5.39. The number of carbonyl (C=O) groups is 2. The number of furan rings is 1. The zero-order valence-electron chi connectivity index (χ0n) is 17.4. The van der Waals surface area contributed by atoms with Gasteiger partial charge in [0.1, 0.15) is 23.9 Å². The van der Waals surface area contributed by atoms with Gasteiger partial charge in [0, 0.05) is 18.5 Å². The van der Waals surface area contributed by atoms with Crippen molar-refractivity contribution < 1.29 is 18.4 Å². The summed E-state index contributed by atoms with van der Waals surface area (Å²) in [5.74, 6) is 0.963. The predicted octanol–water partition coefficient (Wildman–Crippen LogP) is 4.29. The summed E-state index contributed by atoms with van der Waals surface area (Å²) in [4.78, 5) is 29.4. The van der Waals surface area contributed by atoms with Crippen LogP contribution in [0, 0.1) is 18.7 Å². The van der Waals surface area contributed by atoms with E-state index in [4.69, 9.17) is 4.42 Å². The lowest BCUT2D eigenvalue weighted by Crippen LogP contribution is -2.45. The van der Waals surface area contributed by atoms with Gasteiger partial charge in [0.2, 0.25) is 11.8 Å². The summed E-state index contributed by atoms with van der Waals surface area (Å²) in [6, 6.07) is 10.00. The van der Waals surface area contributed by atoms with Crippen molar-refractivity contribution in [1.29, 1.82) is 0 Å². The molecule has 0 radical (unpaired) electrons. The minimum Gasteiger partial charge on any atom is -0.464 e. The molecule has 0 N–H and O–H groups in total. The van der Waals surface area contributed by atoms with Gasteiger partial charge in [-0.25, -0.2) is 4.39 Å². The van der Waals surface area contributed by atoms with Crippen molar-refractivity contribution in [2.24, 2.45) is 5.92 Å². The number of carbonyl (C=O) groups excluding carboxylic acids is 2. The van der Waals surface area contributed by atoms with Crippen molar-refractivity contribution in [3.8, 4) is 0 Å². The number of amides is 2. The van der Waals surface area contributed by atoms with Crippen molar-refractivity contribution in [1.82, 2.24) is 9.80 Å². The van der Waals surface area contributed by atoms with Crippen LogP contribution < -0.4 is 0 Å². The quantitative estimate of drug-likeness (QED) is 0.631. The Morgan fingerprint density at radius 3 is 2.38 bits per heavy atom. The minimum absolute atomic E-state index is 0.0407. The highest BCUT2D eigenvalue weighted by molar-refractivity contribution is 5.86. The number of rotatable bonds is 9. The zero-order valence-corrected chi connectivity index (χ0v) is 17.4. The molecule has 0 spiro atoms. The second-order valence-electron chi connectivity index (χ2n) is 7.90. The summed E-state index contributed by atoms with van der Waals surface area (Å²) in [7, 11) is 0. The van der Waals surface area contributed by atoms with E-state index in [-0.39, 0.29) is 36.1 Å². The average Bonchev–Trinajstić information content (AvgIpc) is 3.47. The second-order valence-corrected chi connectivity index (χ2v) is 7.90. The number of nitrogens with zero attached hydrogens (tertiary/aromatic N) is 2. The van der Waals surface area contributed by atoms with E-state index in [1.54, 1.807) is 21.9 Å². The van der Waals surface area contributed by atoms with E-state index in [1.807, 2.05) is 32.9 Å². The number of aryl methyl sites for hydroxylation is 1. The van der Waals surface area contributed by atoms with Crippen LogP contribution in [0.4, 0.5) is 4.39 Å². The maximum absolute atomic E-state index is 13.3. The molecule has 1 saturated carbocycles. The molecule has 2 amide bonds. The Balaban J connectivity index is 1.76. The average molecular weight is 400 g/mol. The molecule has 0 aliphatic heterocycles. The van der Waals surface area contributed by atoms with E-state index in [9.17, 15) is 14.0 Å². The Hall–Kier alpha value is -2.63. The number of benzene rings is 1. The Kier molecular flexibility index (Phi) is 6.72. The van der Waals surface area contributed by atoms with Crippen LogP contribution in [-0.4, -0.2) is 34.2 Å². The molecule has 29 heavy (non-hydrogen) atoms. The Bertz CT molecular complexity index is 842. The fourth-order valence-corrected chi connectivity index (χ4v) is 3.28. The summed E-state index contributed by atoms with van der Waals surface area (Å²) < 4.78 is 18.9. The van der Waals surface area contributed by atoms with Crippen molar-refractivity contribution in [3.63, 3.8) is 0 Å². The molecule has 5 nitrogen and oxygen atoms in total. The molecule has 1 heterocycles. The third-order valence-corrected chi connectivity index (χ3v) is 5.39. The van der Waals surface area contributed by atoms with Crippen LogP contribution >= 0.6 is 0 Å². The van der Waals surface area contributed by atoms with Gasteiger partial charge in [-0.1, -0.05) is 26.0 Å². The normalized spacial score (nSPS) is 14.5. The van der Waals surface area contributed by atoms with E-state index in [0.29, 0.717) is 18.8 Å². The zero-order chi connectivity index (χ0) is 21.0. The minimum atomic E-state index is -0.313. The first-order valence-corrected chi connectivity index (χ1v) is 10.3. The fourth-order valence-electron chi connectivity index (χ4n) is 3.28. The van der Waals surface area contributed by atoms with E-state index in [1.165, 1.54) is 12.1 Å². The third kappa shape index (κ3) is 5.68. The van der Waals surface area contributed by atoms with Gasteiger partial charge in [-0.15, -0.1) is 0 Å². The van der Waals surface area contributed by atoms with Gasteiger partial charge >= 0.3 is 0 Å². The van der Waals surface area contributed by atoms with E-state index < -0.39 is 0 Å². The molecule has 3 rings (SSSR count). The van der Waals surface area contributed by atoms with Gasteiger partial charge in [-0.2, -0.15) is 0 Å². The maximum atomic E-state index is 13.3. The predicted molar refractivity (Wildman–Crippen MR) is 108 cm³/mol. The van der Waals surface area contributed by atoms with Crippen LogP contribution in [0.2, 0.25) is 0 Å². The molecule has 0 saturated heterocycles. The molecule has 1 atom stereocenters. The molecular formula is C23H29FN2O3. The van der Waals surface area contributed by atoms with Crippen LogP contribution in [-0.2, 0) is 22.7 Å². The molecule has 2 aromatic rings. The summed E-state index contributed by atoms with van der Waals surface area (Å²) in [5, 5.41) is 0. The largest absolute Gasteiger partial charge is 0.464 e. The highest BCUT2D eigenvalue weighted by Gasteiger charge is 2.36. The van der Waals surface area contributed by atoms with Crippen LogP contribution in [0.25, 0.3) is 0 Å². The first kappa shape index (κ1) is 21.1. The van der Waals surface area contributed by atoms with Crippen LogP contribution in [0.15, 0.2) is 40.8 Å². The summed E-state index contributed by atoms with van der Waals surface area (Å²) in [6.07, 6.45) is 2.65. The summed E-state index contributed by atoms with van der Waals surface area (Å²) in [6.45, 7) is 6.44. The lowest BCUT2D eigenvalue weighted by Gasteiger charge is -2.29. The SMILES string of the molecule is CCC(C)C(=O)N(CC(=O)N(Cc1ccc(F)cc1)Cc1ccc(C)o1)C1CC1. The van der Waals surface area contributed by atoms with E-state index in [2.05, 4.69) is 0 Å². The monoisotopic (exact) mass is 400 g/mol. The van der Waals surface area contributed by atoms with Crippen LogP contribution in [0.1, 0.15) is 50.2 Å². The molecular weight excluding hydrogens is 371 g/mol. The lowest BCUT2D eigenvalue weighted by atomic mass is 10.1. The summed E-state index contributed by atoms with van der Waals surface area (Å²) in [5.41, 5.74) is 0.828. The van der Waals surface area contributed by atoms with Gasteiger partial charge in [-0.05, 0) is 56.0 Å². The Morgan fingerprint density at radius 2 is 1.83 bits per heavy atom. The number of halogens is 1. The molecule has 1 aliphatic rings. The van der Waals surface area contributed by atoms with E-state index >= 15 is 0 Å². The smallest absolute Gasteiger partial charge is 0.242 e. The Labute approximate surface area is 171 Å².